The SMILES string of the molecule is CC(=O)Nc1ccc(S(=O)(=O)CCC(=O)OCC(=O)Nc2ccc(C)c([N+](=O)[O-])c2)cc1. The average molecular weight is 463 g/mol. The van der Waals surface area contributed by atoms with Crippen molar-refractivity contribution in [1.29, 1.82) is 0 Å². The van der Waals surface area contributed by atoms with Crippen LogP contribution in [0, 0.1) is 17.0 Å². The number of benzene rings is 2. The highest BCUT2D eigenvalue weighted by atomic mass is 32.2. The molecule has 0 saturated heterocycles. The Bertz CT molecular complexity index is 1140. The molecule has 0 fully saturated rings. The molecule has 0 aromatic heterocycles. The number of hydrogen-bond acceptors (Lipinski definition) is 8. The van der Waals surface area contributed by atoms with Crippen molar-refractivity contribution >= 4 is 44.7 Å². The van der Waals surface area contributed by atoms with Crippen molar-refractivity contribution in [3.05, 3.63) is 58.1 Å². The van der Waals surface area contributed by atoms with Crippen LogP contribution in [0.4, 0.5) is 17.1 Å². The number of aryl methyl sites for hydroxylation is 1. The highest BCUT2D eigenvalue weighted by molar-refractivity contribution is 7.91. The van der Waals surface area contributed by atoms with E-state index in [9.17, 15) is 32.9 Å². The lowest BCUT2D eigenvalue weighted by atomic mass is 10.2. The van der Waals surface area contributed by atoms with Gasteiger partial charge in [0.05, 0.1) is 22.0 Å². The molecule has 2 aromatic rings. The number of nitro groups is 1. The zero-order valence-electron chi connectivity index (χ0n) is 17.3. The topological polar surface area (TPSA) is 162 Å². The molecule has 0 atom stereocenters. The number of esters is 1. The molecule has 0 aliphatic heterocycles. The molecule has 12 heteroatoms. The fraction of sp³-hybridized carbons (Fsp3) is 0.250. The number of anilines is 2. The predicted molar refractivity (Wildman–Crippen MR) is 115 cm³/mol. The van der Waals surface area contributed by atoms with Gasteiger partial charge in [-0.1, -0.05) is 6.07 Å². The fourth-order valence-corrected chi connectivity index (χ4v) is 3.81. The number of rotatable bonds is 9. The molecule has 2 amide bonds. The Balaban J connectivity index is 1.85. The molecule has 11 nitrogen and oxygen atoms in total. The van der Waals surface area contributed by atoms with Crippen LogP contribution in [-0.2, 0) is 29.0 Å². The fourth-order valence-electron chi connectivity index (χ4n) is 2.58. The van der Waals surface area contributed by atoms with Gasteiger partial charge in [-0.25, -0.2) is 8.42 Å². The lowest BCUT2D eigenvalue weighted by Crippen LogP contribution is -2.22. The van der Waals surface area contributed by atoms with Crippen LogP contribution in [0.15, 0.2) is 47.4 Å². The quantitative estimate of drug-likeness (QED) is 0.325. The number of nitrogens with one attached hydrogen (secondary N) is 2. The summed E-state index contributed by atoms with van der Waals surface area (Å²) in [6.45, 7) is 2.20. The molecule has 2 aromatic carbocycles. The van der Waals surface area contributed by atoms with Gasteiger partial charge >= 0.3 is 5.97 Å². The zero-order valence-corrected chi connectivity index (χ0v) is 18.1. The van der Waals surface area contributed by atoms with Gasteiger partial charge in [0, 0.05) is 29.9 Å². The van der Waals surface area contributed by atoms with E-state index in [1.807, 2.05) is 0 Å². The van der Waals surface area contributed by atoms with Crippen LogP contribution in [0.2, 0.25) is 0 Å². The Morgan fingerprint density at radius 3 is 2.25 bits per heavy atom. The summed E-state index contributed by atoms with van der Waals surface area (Å²) in [6, 6.07) is 9.57. The zero-order chi connectivity index (χ0) is 23.9. The van der Waals surface area contributed by atoms with Gasteiger partial charge in [0.2, 0.25) is 5.91 Å². The van der Waals surface area contributed by atoms with E-state index in [1.165, 1.54) is 49.4 Å². The van der Waals surface area contributed by atoms with E-state index in [4.69, 9.17) is 4.74 Å². The van der Waals surface area contributed by atoms with Crippen LogP contribution in [0.25, 0.3) is 0 Å². The lowest BCUT2D eigenvalue weighted by molar-refractivity contribution is -0.385. The second-order valence-corrected chi connectivity index (χ2v) is 8.85. The standard InChI is InChI=1S/C20H21N3O8S/c1-13-3-4-16(11-18(13)23(27)28)22-19(25)12-31-20(26)9-10-32(29,30)17-7-5-15(6-8-17)21-14(2)24/h3-8,11H,9-10,12H2,1-2H3,(H,21,24)(H,22,25). The summed E-state index contributed by atoms with van der Waals surface area (Å²) in [6.07, 6.45) is -0.473. The smallest absolute Gasteiger partial charge is 0.307 e. The van der Waals surface area contributed by atoms with Crippen LogP contribution >= 0.6 is 0 Å². The Morgan fingerprint density at radius 1 is 1.03 bits per heavy atom. The summed E-state index contributed by atoms with van der Waals surface area (Å²) >= 11 is 0. The van der Waals surface area contributed by atoms with Crippen LogP contribution in [0.3, 0.4) is 0 Å². The van der Waals surface area contributed by atoms with Gasteiger partial charge in [-0.3, -0.25) is 24.5 Å². The van der Waals surface area contributed by atoms with Crippen molar-refractivity contribution < 1.29 is 32.5 Å². The third kappa shape index (κ3) is 7.16. The number of carbonyl (C=O) groups is 3. The highest BCUT2D eigenvalue weighted by Gasteiger charge is 2.18. The third-order valence-electron chi connectivity index (χ3n) is 4.16. The number of nitro benzene ring substituents is 1. The van der Waals surface area contributed by atoms with Crippen LogP contribution in [0.5, 0.6) is 0 Å². The minimum atomic E-state index is -3.78. The van der Waals surface area contributed by atoms with Gasteiger partial charge < -0.3 is 15.4 Å². The molecule has 0 bridgehead atoms. The molecule has 0 aliphatic rings. The summed E-state index contributed by atoms with van der Waals surface area (Å²) in [5, 5.41) is 15.8. The molecule has 2 rings (SSSR count). The summed E-state index contributed by atoms with van der Waals surface area (Å²) in [7, 11) is -3.78. The first kappa shape index (κ1) is 24.5. The van der Waals surface area contributed by atoms with Gasteiger partial charge in [-0.2, -0.15) is 0 Å². The normalized spacial score (nSPS) is 10.8. The van der Waals surface area contributed by atoms with Crippen molar-refractivity contribution in [3.63, 3.8) is 0 Å². The number of sulfone groups is 1. The third-order valence-corrected chi connectivity index (χ3v) is 5.89. The van der Waals surface area contributed by atoms with Crippen molar-refractivity contribution in [2.24, 2.45) is 0 Å². The minimum absolute atomic E-state index is 0.0295. The molecule has 0 unspecified atom stereocenters. The summed E-state index contributed by atoms with van der Waals surface area (Å²) < 4.78 is 29.4. The summed E-state index contributed by atoms with van der Waals surface area (Å²) in [5.41, 5.74) is 0.843. The van der Waals surface area contributed by atoms with E-state index in [1.54, 1.807) is 6.92 Å². The maximum Gasteiger partial charge on any atom is 0.307 e. The number of ether oxygens (including phenoxy) is 1. The first-order valence-electron chi connectivity index (χ1n) is 9.29. The molecule has 2 N–H and O–H groups in total. The minimum Gasteiger partial charge on any atom is -0.456 e. The van der Waals surface area contributed by atoms with E-state index in [0.717, 1.165) is 0 Å². The van der Waals surface area contributed by atoms with Gasteiger partial charge in [-0.15, -0.1) is 0 Å². The monoisotopic (exact) mass is 463 g/mol. The van der Waals surface area contributed by atoms with Crippen molar-refractivity contribution in [2.45, 2.75) is 25.2 Å². The molecule has 32 heavy (non-hydrogen) atoms. The molecular weight excluding hydrogens is 442 g/mol. The van der Waals surface area contributed by atoms with Crippen molar-refractivity contribution in [3.8, 4) is 0 Å². The molecule has 170 valence electrons. The van der Waals surface area contributed by atoms with Crippen LogP contribution in [-0.4, -0.2) is 43.5 Å². The maximum absolute atomic E-state index is 12.3. The second kappa shape index (κ2) is 10.5. The van der Waals surface area contributed by atoms with Crippen molar-refractivity contribution in [1.82, 2.24) is 0 Å². The molecule has 0 radical (unpaired) electrons. The molecular formula is C20H21N3O8S. The Labute approximate surface area is 183 Å². The summed E-state index contributed by atoms with van der Waals surface area (Å²) in [4.78, 5) is 45.1. The Kier molecular flexibility index (Phi) is 8.02. The number of hydrogen-bond donors (Lipinski definition) is 2. The Morgan fingerprint density at radius 2 is 1.66 bits per heavy atom. The summed E-state index contributed by atoms with van der Waals surface area (Å²) in [5.74, 6) is -2.45. The second-order valence-electron chi connectivity index (χ2n) is 6.74. The highest BCUT2D eigenvalue weighted by Crippen LogP contribution is 2.22. The molecule has 0 heterocycles. The van der Waals surface area contributed by atoms with Crippen LogP contribution < -0.4 is 10.6 Å². The Hall–Kier alpha value is -3.80. The first-order valence-corrected chi connectivity index (χ1v) is 10.9. The number of carbonyl (C=O) groups excluding carboxylic acids is 3. The molecule has 0 spiro atoms. The molecule has 0 aliphatic carbocycles. The van der Waals surface area contributed by atoms with Gasteiger partial charge in [0.25, 0.3) is 11.6 Å². The largest absolute Gasteiger partial charge is 0.456 e. The van der Waals surface area contributed by atoms with Crippen LogP contribution in [0.1, 0.15) is 18.9 Å². The van der Waals surface area contributed by atoms with Gasteiger partial charge in [0.1, 0.15) is 0 Å². The molecule has 0 saturated carbocycles. The number of amides is 2. The predicted octanol–water partition coefficient (Wildman–Crippen LogP) is 2.21. The van der Waals surface area contributed by atoms with E-state index in [-0.39, 0.29) is 22.2 Å². The maximum atomic E-state index is 12.3. The average Bonchev–Trinajstić information content (AvgIpc) is 2.72. The van der Waals surface area contributed by atoms with Crippen molar-refractivity contribution in [2.75, 3.05) is 23.0 Å². The van der Waals surface area contributed by atoms with Gasteiger partial charge in [-0.05, 0) is 37.3 Å². The van der Waals surface area contributed by atoms with Gasteiger partial charge in [0.15, 0.2) is 16.4 Å². The van der Waals surface area contributed by atoms with E-state index in [0.29, 0.717) is 11.3 Å². The first-order chi connectivity index (χ1) is 15.0. The van der Waals surface area contributed by atoms with E-state index >= 15 is 0 Å². The lowest BCUT2D eigenvalue weighted by Gasteiger charge is -2.08. The van der Waals surface area contributed by atoms with E-state index < -0.39 is 45.4 Å². The number of nitrogens with zero attached hydrogens (tertiary/aromatic N) is 1. The van der Waals surface area contributed by atoms with E-state index in [2.05, 4.69) is 10.6 Å².